The van der Waals surface area contributed by atoms with E-state index in [1.54, 1.807) is 18.2 Å². The van der Waals surface area contributed by atoms with Crippen LogP contribution in [0.5, 0.6) is 5.75 Å². The standard InChI is InChI=1S/C16H26FN3O/c1-6-18-15(20-16(3,4)5)19-11-12(2)21-14-10-8-7-9-13(14)17/h7-10,12H,6,11H2,1-5H3,(H2,18,19,20). The highest BCUT2D eigenvalue weighted by atomic mass is 19.1. The van der Waals surface area contributed by atoms with Gasteiger partial charge in [0.25, 0.3) is 0 Å². The Balaban J connectivity index is 2.61. The van der Waals surface area contributed by atoms with Gasteiger partial charge in [0, 0.05) is 12.1 Å². The Morgan fingerprint density at radius 3 is 2.57 bits per heavy atom. The normalized spacial score (nSPS) is 13.7. The van der Waals surface area contributed by atoms with E-state index in [2.05, 4.69) is 36.4 Å². The van der Waals surface area contributed by atoms with Crippen LogP contribution in [0.3, 0.4) is 0 Å². The zero-order valence-corrected chi connectivity index (χ0v) is 13.5. The SMILES string of the molecule is CCNC(=NCC(C)Oc1ccccc1F)NC(C)(C)C. The highest BCUT2D eigenvalue weighted by Gasteiger charge is 2.13. The van der Waals surface area contributed by atoms with Crippen molar-refractivity contribution in [1.82, 2.24) is 10.6 Å². The van der Waals surface area contributed by atoms with Gasteiger partial charge >= 0.3 is 0 Å². The molecular formula is C16H26FN3O. The molecule has 0 aromatic heterocycles. The number of guanidine groups is 1. The summed E-state index contributed by atoms with van der Waals surface area (Å²) in [5.74, 6) is 0.635. The molecule has 1 atom stereocenters. The van der Waals surface area contributed by atoms with Crippen molar-refractivity contribution in [3.05, 3.63) is 30.1 Å². The van der Waals surface area contributed by atoms with Crippen LogP contribution in [-0.2, 0) is 0 Å². The fourth-order valence-corrected chi connectivity index (χ4v) is 1.68. The van der Waals surface area contributed by atoms with Crippen LogP contribution >= 0.6 is 0 Å². The Morgan fingerprint density at radius 1 is 1.33 bits per heavy atom. The number of hydrogen-bond acceptors (Lipinski definition) is 2. The summed E-state index contributed by atoms with van der Waals surface area (Å²) in [5, 5.41) is 6.48. The fourth-order valence-electron chi connectivity index (χ4n) is 1.68. The van der Waals surface area contributed by atoms with Crippen LogP contribution in [0.4, 0.5) is 4.39 Å². The first kappa shape index (κ1) is 17.3. The molecule has 0 aliphatic heterocycles. The van der Waals surface area contributed by atoms with Gasteiger partial charge in [0.15, 0.2) is 17.5 Å². The van der Waals surface area contributed by atoms with E-state index >= 15 is 0 Å². The monoisotopic (exact) mass is 295 g/mol. The second kappa shape index (κ2) is 7.86. The van der Waals surface area contributed by atoms with E-state index in [1.807, 2.05) is 13.8 Å². The van der Waals surface area contributed by atoms with Crippen LogP contribution in [-0.4, -0.2) is 30.7 Å². The molecule has 4 nitrogen and oxygen atoms in total. The molecule has 1 unspecified atom stereocenters. The average Bonchev–Trinajstić information content (AvgIpc) is 2.37. The molecule has 0 aliphatic rings. The molecule has 0 radical (unpaired) electrons. The minimum absolute atomic E-state index is 0.0728. The van der Waals surface area contributed by atoms with Crippen molar-refractivity contribution in [2.24, 2.45) is 4.99 Å². The van der Waals surface area contributed by atoms with Gasteiger partial charge in [-0.3, -0.25) is 0 Å². The van der Waals surface area contributed by atoms with Crippen molar-refractivity contribution in [2.45, 2.75) is 46.3 Å². The Hall–Kier alpha value is -1.78. The molecular weight excluding hydrogens is 269 g/mol. The average molecular weight is 295 g/mol. The molecule has 0 fully saturated rings. The van der Waals surface area contributed by atoms with Gasteiger partial charge < -0.3 is 15.4 Å². The lowest BCUT2D eigenvalue weighted by molar-refractivity contribution is 0.219. The van der Waals surface area contributed by atoms with Crippen molar-refractivity contribution in [3.63, 3.8) is 0 Å². The van der Waals surface area contributed by atoms with E-state index in [1.165, 1.54) is 6.07 Å². The zero-order valence-electron chi connectivity index (χ0n) is 13.5. The Labute approximate surface area is 126 Å². The second-order valence-electron chi connectivity index (χ2n) is 5.95. The van der Waals surface area contributed by atoms with E-state index in [4.69, 9.17) is 4.74 Å². The summed E-state index contributed by atoms with van der Waals surface area (Å²) in [6.45, 7) is 11.3. The topological polar surface area (TPSA) is 45.7 Å². The highest BCUT2D eigenvalue weighted by molar-refractivity contribution is 5.80. The number of ether oxygens (including phenoxy) is 1. The first-order valence-corrected chi connectivity index (χ1v) is 7.29. The summed E-state index contributed by atoms with van der Waals surface area (Å²) in [6.07, 6.45) is -0.211. The van der Waals surface area contributed by atoms with Crippen molar-refractivity contribution in [3.8, 4) is 5.75 Å². The molecule has 0 bridgehead atoms. The molecule has 0 amide bonds. The highest BCUT2D eigenvalue weighted by Crippen LogP contribution is 2.16. The van der Waals surface area contributed by atoms with Crippen LogP contribution in [0.25, 0.3) is 0 Å². The third-order valence-electron chi connectivity index (χ3n) is 2.51. The molecule has 0 spiro atoms. The first-order valence-electron chi connectivity index (χ1n) is 7.29. The summed E-state index contributed by atoms with van der Waals surface area (Å²) in [7, 11) is 0. The van der Waals surface area contributed by atoms with Gasteiger partial charge in [-0.05, 0) is 46.8 Å². The van der Waals surface area contributed by atoms with E-state index in [0.717, 1.165) is 12.5 Å². The fraction of sp³-hybridized carbons (Fsp3) is 0.562. The van der Waals surface area contributed by atoms with Crippen LogP contribution in [0.2, 0.25) is 0 Å². The van der Waals surface area contributed by atoms with Crippen molar-refractivity contribution < 1.29 is 9.13 Å². The lowest BCUT2D eigenvalue weighted by atomic mass is 10.1. The quantitative estimate of drug-likeness (QED) is 0.648. The minimum Gasteiger partial charge on any atom is -0.486 e. The van der Waals surface area contributed by atoms with Gasteiger partial charge in [-0.15, -0.1) is 0 Å². The largest absolute Gasteiger partial charge is 0.486 e. The molecule has 1 aromatic carbocycles. The van der Waals surface area contributed by atoms with E-state index in [-0.39, 0.29) is 23.2 Å². The summed E-state index contributed by atoms with van der Waals surface area (Å²) >= 11 is 0. The van der Waals surface area contributed by atoms with E-state index < -0.39 is 0 Å². The Kier molecular flexibility index (Phi) is 6.46. The number of rotatable bonds is 5. The summed E-state index contributed by atoms with van der Waals surface area (Å²) in [6, 6.07) is 6.39. The number of hydrogen-bond donors (Lipinski definition) is 2. The second-order valence-corrected chi connectivity index (χ2v) is 5.95. The predicted molar refractivity (Wildman–Crippen MR) is 85.4 cm³/mol. The number of nitrogens with zero attached hydrogens (tertiary/aromatic N) is 1. The number of para-hydroxylation sites is 1. The van der Waals surface area contributed by atoms with Crippen molar-refractivity contribution in [1.29, 1.82) is 0 Å². The molecule has 21 heavy (non-hydrogen) atoms. The van der Waals surface area contributed by atoms with Gasteiger partial charge in [-0.1, -0.05) is 12.1 Å². The van der Waals surface area contributed by atoms with Crippen LogP contribution < -0.4 is 15.4 Å². The minimum atomic E-state index is -0.354. The maximum absolute atomic E-state index is 13.5. The van der Waals surface area contributed by atoms with Crippen LogP contribution in [0.1, 0.15) is 34.6 Å². The zero-order chi connectivity index (χ0) is 15.9. The third-order valence-corrected chi connectivity index (χ3v) is 2.51. The molecule has 2 N–H and O–H groups in total. The molecule has 0 aliphatic carbocycles. The molecule has 1 aromatic rings. The van der Waals surface area contributed by atoms with Gasteiger partial charge in [0.2, 0.25) is 0 Å². The molecule has 118 valence electrons. The summed E-state index contributed by atoms with van der Waals surface area (Å²) in [4.78, 5) is 4.47. The van der Waals surface area contributed by atoms with Gasteiger partial charge in [0.05, 0.1) is 6.54 Å². The third kappa shape index (κ3) is 6.97. The number of aliphatic imine (C=N–C) groups is 1. The molecule has 5 heteroatoms. The maximum Gasteiger partial charge on any atom is 0.191 e. The van der Waals surface area contributed by atoms with Crippen LogP contribution in [0, 0.1) is 5.82 Å². The number of halogens is 1. The molecule has 0 heterocycles. The molecule has 0 saturated heterocycles. The summed E-state index contributed by atoms with van der Waals surface area (Å²) in [5.41, 5.74) is -0.0728. The van der Waals surface area contributed by atoms with Gasteiger partial charge in [-0.2, -0.15) is 0 Å². The van der Waals surface area contributed by atoms with Crippen molar-refractivity contribution >= 4 is 5.96 Å². The van der Waals surface area contributed by atoms with Crippen molar-refractivity contribution in [2.75, 3.05) is 13.1 Å². The molecule has 1 rings (SSSR count). The van der Waals surface area contributed by atoms with Gasteiger partial charge in [0.1, 0.15) is 6.10 Å². The van der Waals surface area contributed by atoms with E-state index in [9.17, 15) is 4.39 Å². The van der Waals surface area contributed by atoms with Crippen LogP contribution in [0.15, 0.2) is 29.3 Å². The van der Waals surface area contributed by atoms with Gasteiger partial charge in [-0.25, -0.2) is 9.38 Å². The maximum atomic E-state index is 13.5. The number of nitrogens with one attached hydrogen (secondary N) is 2. The Bertz CT molecular complexity index is 469. The Morgan fingerprint density at radius 2 is 2.00 bits per heavy atom. The first-order chi connectivity index (χ1) is 9.81. The number of benzene rings is 1. The smallest absolute Gasteiger partial charge is 0.191 e. The lowest BCUT2D eigenvalue weighted by Gasteiger charge is -2.24. The molecule has 0 saturated carbocycles. The predicted octanol–water partition coefficient (Wildman–Crippen LogP) is 2.95. The summed E-state index contributed by atoms with van der Waals surface area (Å²) < 4.78 is 19.1. The lowest BCUT2D eigenvalue weighted by Crippen LogP contribution is -2.47. The van der Waals surface area contributed by atoms with E-state index in [0.29, 0.717) is 6.54 Å².